The van der Waals surface area contributed by atoms with E-state index in [1.54, 1.807) is 6.07 Å². The average molecular weight is 193 g/mol. The van der Waals surface area contributed by atoms with Gasteiger partial charge in [-0.2, -0.15) is 5.48 Å². The monoisotopic (exact) mass is 193 g/mol. The number of aromatic hydroxyl groups is 1. The van der Waals surface area contributed by atoms with Gasteiger partial charge >= 0.3 is 0 Å². The molecule has 0 radical (unpaired) electrons. The molecule has 0 heterocycles. The van der Waals surface area contributed by atoms with Crippen LogP contribution in [-0.4, -0.2) is 11.7 Å². The van der Waals surface area contributed by atoms with E-state index in [0.717, 1.165) is 18.4 Å². The van der Waals surface area contributed by atoms with Gasteiger partial charge in [-0.05, 0) is 37.0 Å². The van der Waals surface area contributed by atoms with E-state index in [1.807, 2.05) is 19.1 Å². The molecule has 14 heavy (non-hydrogen) atoms. The second kappa shape index (κ2) is 3.98. The molecular weight excluding hydrogens is 178 g/mol. The Labute approximate surface area is 83.7 Å². The summed E-state index contributed by atoms with van der Waals surface area (Å²) in [5, 5.41) is 9.61. The molecular formula is C11H15NO2. The van der Waals surface area contributed by atoms with E-state index < -0.39 is 0 Å². The molecule has 0 fully saturated rings. The van der Waals surface area contributed by atoms with Crippen molar-refractivity contribution < 1.29 is 9.94 Å². The number of fused-ring (bicyclic) bond motifs is 1. The largest absolute Gasteiger partial charge is 0.508 e. The quantitative estimate of drug-likeness (QED) is 0.721. The van der Waals surface area contributed by atoms with Crippen molar-refractivity contribution in [3.8, 4) is 5.75 Å². The molecule has 2 N–H and O–H groups in total. The van der Waals surface area contributed by atoms with Crippen molar-refractivity contribution in [3.63, 3.8) is 0 Å². The second-order valence-electron chi connectivity index (χ2n) is 3.49. The van der Waals surface area contributed by atoms with E-state index in [1.165, 1.54) is 5.56 Å². The van der Waals surface area contributed by atoms with Crippen LogP contribution in [0.3, 0.4) is 0 Å². The highest BCUT2D eigenvalue weighted by molar-refractivity contribution is 5.43. The summed E-state index contributed by atoms with van der Waals surface area (Å²) in [7, 11) is 0. The van der Waals surface area contributed by atoms with Crippen LogP contribution in [0, 0.1) is 0 Å². The number of phenols is 1. The Hall–Kier alpha value is -1.06. The first-order chi connectivity index (χ1) is 6.83. The first-order valence-electron chi connectivity index (χ1n) is 5.01. The van der Waals surface area contributed by atoms with Gasteiger partial charge in [0.05, 0.1) is 12.6 Å². The Morgan fingerprint density at radius 2 is 2.43 bits per heavy atom. The number of hydroxylamine groups is 1. The maximum Gasteiger partial charge on any atom is 0.119 e. The number of nitrogens with one attached hydrogen (secondary N) is 1. The molecule has 76 valence electrons. The van der Waals surface area contributed by atoms with Crippen molar-refractivity contribution >= 4 is 0 Å². The summed E-state index contributed by atoms with van der Waals surface area (Å²) in [6, 6.07) is 5.89. The van der Waals surface area contributed by atoms with Crippen LogP contribution < -0.4 is 5.48 Å². The lowest BCUT2D eigenvalue weighted by Gasteiger charge is -2.12. The molecule has 0 amide bonds. The van der Waals surface area contributed by atoms with Gasteiger partial charge in [0.1, 0.15) is 5.75 Å². The smallest absolute Gasteiger partial charge is 0.119 e. The van der Waals surface area contributed by atoms with E-state index in [4.69, 9.17) is 4.84 Å². The van der Waals surface area contributed by atoms with Crippen LogP contribution in [0.1, 0.15) is 30.5 Å². The lowest BCUT2D eigenvalue weighted by molar-refractivity contribution is 0.0244. The predicted molar refractivity (Wildman–Crippen MR) is 53.9 cm³/mol. The number of hydrogen-bond donors (Lipinski definition) is 2. The zero-order chi connectivity index (χ0) is 9.97. The summed E-state index contributed by atoms with van der Waals surface area (Å²) < 4.78 is 0. The normalized spacial score (nSPS) is 19.6. The fraction of sp³-hybridized carbons (Fsp3) is 0.455. The van der Waals surface area contributed by atoms with Gasteiger partial charge in [0, 0.05) is 0 Å². The van der Waals surface area contributed by atoms with Gasteiger partial charge < -0.3 is 9.94 Å². The Kier molecular flexibility index (Phi) is 2.70. The molecule has 1 aliphatic rings. The fourth-order valence-corrected chi connectivity index (χ4v) is 1.94. The van der Waals surface area contributed by atoms with Crippen LogP contribution in [0.25, 0.3) is 0 Å². The molecule has 2 rings (SSSR count). The van der Waals surface area contributed by atoms with Crippen LogP contribution in [0.2, 0.25) is 0 Å². The molecule has 1 aliphatic carbocycles. The number of rotatable bonds is 3. The molecule has 1 aromatic carbocycles. The molecule has 3 heteroatoms. The number of phenolic OH excluding ortho intramolecular Hbond substituents is 1. The van der Waals surface area contributed by atoms with Gasteiger partial charge in [-0.1, -0.05) is 12.1 Å². The number of hydrogen-bond acceptors (Lipinski definition) is 3. The molecule has 0 aliphatic heterocycles. The topological polar surface area (TPSA) is 41.5 Å². The molecule has 0 spiro atoms. The summed E-state index contributed by atoms with van der Waals surface area (Å²) in [6.45, 7) is 2.61. The molecule has 0 saturated carbocycles. The van der Waals surface area contributed by atoms with Crippen LogP contribution >= 0.6 is 0 Å². The van der Waals surface area contributed by atoms with E-state index in [2.05, 4.69) is 5.48 Å². The van der Waals surface area contributed by atoms with E-state index in [9.17, 15) is 5.11 Å². The third kappa shape index (κ3) is 1.61. The highest BCUT2D eigenvalue weighted by atomic mass is 16.6. The molecule has 0 saturated heterocycles. The molecule has 1 aromatic rings. The second-order valence-corrected chi connectivity index (χ2v) is 3.49. The summed E-state index contributed by atoms with van der Waals surface area (Å²) in [5.41, 5.74) is 5.23. The molecule has 3 nitrogen and oxygen atoms in total. The molecule has 1 atom stereocenters. The Morgan fingerprint density at radius 3 is 3.21 bits per heavy atom. The highest BCUT2D eigenvalue weighted by Gasteiger charge is 2.24. The summed E-state index contributed by atoms with van der Waals surface area (Å²) in [6.07, 6.45) is 1.92. The van der Waals surface area contributed by atoms with E-state index in [-0.39, 0.29) is 6.04 Å². The van der Waals surface area contributed by atoms with Crippen LogP contribution in [0.15, 0.2) is 18.2 Å². The minimum atomic E-state index is 0.233. The first kappa shape index (κ1) is 9.49. The minimum absolute atomic E-state index is 0.233. The van der Waals surface area contributed by atoms with E-state index in [0.29, 0.717) is 12.4 Å². The van der Waals surface area contributed by atoms with Crippen LogP contribution in [-0.2, 0) is 11.3 Å². The Balaban J connectivity index is 2.18. The van der Waals surface area contributed by atoms with Gasteiger partial charge in [-0.15, -0.1) is 0 Å². The molecule has 0 aromatic heterocycles. The van der Waals surface area contributed by atoms with Crippen molar-refractivity contribution in [1.29, 1.82) is 0 Å². The number of benzene rings is 1. The van der Waals surface area contributed by atoms with Crippen molar-refractivity contribution in [2.45, 2.75) is 25.8 Å². The zero-order valence-corrected chi connectivity index (χ0v) is 8.29. The average Bonchev–Trinajstić information content (AvgIpc) is 2.60. The van der Waals surface area contributed by atoms with Gasteiger partial charge in [-0.25, -0.2) is 0 Å². The van der Waals surface area contributed by atoms with Gasteiger partial charge in [0.2, 0.25) is 0 Å². The standard InChI is InChI=1S/C11H15NO2/c1-2-14-12-10-7-6-9-8(10)4-3-5-11(9)13/h3-5,10,12-13H,2,6-7H2,1H3. The summed E-state index contributed by atoms with van der Waals surface area (Å²) in [4.78, 5) is 5.18. The third-order valence-electron chi connectivity index (χ3n) is 2.62. The van der Waals surface area contributed by atoms with Crippen LogP contribution in [0.4, 0.5) is 0 Å². The van der Waals surface area contributed by atoms with Crippen molar-refractivity contribution in [2.75, 3.05) is 6.61 Å². The highest BCUT2D eigenvalue weighted by Crippen LogP contribution is 2.35. The third-order valence-corrected chi connectivity index (χ3v) is 2.62. The van der Waals surface area contributed by atoms with Crippen molar-refractivity contribution in [1.82, 2.24) is 5.48 Å². The first-order valence-corrected chi connectivity index (χ1v) is 5.01. The predicted octanol–water partition coefficient (Wildman–Crippen LogP) is 1.92. The van der Waals surface area contributed by atoms with Crippen molar-refractivity contribution in [3.05, 3.63) is 29.3 Å². The van der Waals surface area contributed by atoms with Crippen LogP contribution in [0.5, 0.6) is 5.75 Å². The fourth-order valence-electron chi connectivity index (χ4n) is 1.94. The lowest BCUT2D eigenvalue weighted by atomic mass is 10.1. The Bertz CT molecular complexity index is 325. The molecule has 1 unspecified atom stereocenters. The zero-order valence-electron chi connectivity index (χ0n) is 8.29. The van der Waals surface area contributed by atoms with Gasteiger partial charge in [-0.3, -0.25) is 0 Å². The van der Waals surface area contributed by atoms with Gasteiger partial charge in [0.25, 0.3) is 0 Å². The lowest BCUT2D eigenvalue weighted by Crippen LogP contribution is -2.19. The maximum absolute atomic E-state index is 9.61. The van der Waals surface area contributed by atoms with Crippen molar-refractivity contribution in [2.24, 2.45) is 0 Å². The van der Waals surface area contributed by atoms with Gasteiger partial charge in [0.15, 0.2) is 0 Å². The SMILES string of the molecule is CCONC1CCc2c(O)cccc21. The summed E-state index contributed by atoms with van der Waals surface area (Å²) >= 11 is 0. The Morgan fingerprint density at radius 1 is 1.57 bits per heavy atom. The minimum Gasteiger partial charge on any atom is -0.508 e. The van der Waals surface area contributed by atoms with E-state index >= 15 is 0 Å². The summed E-state index contributed by atoms with van der Waals surface area (Å²) in [5.74, 6) is 0.406. The maximum atomic E-state index is 9.61. The molecule has 0 bridgehead atoms.